The molecule has 2 rings (SSSR count). The Labute approximate surface area is 114 Å². The molecule has 0 bridgehead atoms. The van der Waals surface area contributed by atoms with Gasteiger partial charge >= 0.3 is 0 Å². The Morgan fingerprint density at radius 3 is 2.53 bits per heavy atom. The largest absolute Gasteiger partial charge is 0.466 e. The van der Waals surface area contributed by atoms with Gasteiger partial charge in [0.1, 0.15) is 11.5 Å². The lowest BCUT2D eigenvalue weighted by atomic mass is 10.1. The first-order valence-electron chi connectivity index (χ1n) is 6.62. The molecule has 2 aromatic rings. The van der Waals surface area contributed by atoms with Crippen LogP contribution in [0.5, 0.6) is 0 Å². The van der Waals surface area contributed by atoms with E-state index < -0.39 is 0 Å². The molecule has 0 amide bonds. The van der Waals surface area contributed by atoms with Gasteiger partial charge in [-0.3, -0.25) is 0 Å². The van der Waals surface area contributed by atoms with Crippen LogP contribution in [0.1, 0.15) is 38.2 Å². The van der Waals surface area contributed by atoms with Crippen molar-refractivity contribution in [2.45, 2.75) is 46.6 Å². The van der Waals surface area contributed by atoms with Crippen LogP contribution in [0.3, 0.4) is 0 Å². The molecular formula is C15H22N2O2. The maximum absolute atomic E-state index is 5.77. The van der Waals surface area contributed by atoms with Crippen molar-refractivity contribution in [1.82, 2.24) is 10.3 Å². The molecule has 2 heterocycles. The Bertz CT molecular complexity index is 547. The third-order valence-electron chi connectivity index (χ3n) is 2.85. The smallest absolute Gasteiger partial charge is 0.196 e. The number of hydrogen-bond acceptors (Lipinski definition) is 4. The fourth-order valence-corrected chi connectivity index (χ4v) is 1.97. The van der Waals surface area contributed by atoms with E-state index in [-0.39, 0.29) is 5.54 Å². The van der Waals surface area contributed by atoms with Gasteiger partial charge in [-0.2, -0.15) is 0 Å². The van der Waals surface area contributed by atoms with Gasteiger partial charge in [0.2, 0.25) is 0 Å². The predicted molar refractivity (Wildman–Crippen MR) is 75.1 cm³/mol. The summed E-state index contributed by atoms with van der Waals surface area (Å²) in [7, 11) is 0. The summed E-state index contributed by atoms with van der Waals surface area (Å²) in [6.07, 6.45) is 2.55. The Hall–Kier alpha value is -1.55. The summed E-state index contributed by atoms with van der Waals surface area (Å²) >= 11 is 0. The standard InChI is InChI=1S/C15H22N2O2/c1-10-8-12(11(2)18-10)13-9-16-14(19-13)6-7-17-15(3,4)5/h8-9,17H,6-7H2,1-5H3. The monoisotopic (exact) mass is 262 g/mol. The van der Waals surface area contributed by atoms with E-state index in [0.29, 0.717) is 0 Å². The molecule has 0 aromatic carbocycles. The molecule has 1 N–H and O–H groups in total. The third kappa shape index (κ3) is 3.70. The van der Waals surface area contributed by atoms with Crippen LogP contribution in [0.25, 0.3) is 11.3 Å². The fourth-order valence-electron chi connectivity index (χ4n) is 1.97. The highest BCUT2D eigenvalue weighted by molar-refractivity contribution is 5.59. The molecule has 104 valence electrons. The lowest BCUT2D eigenvalue weighted by Gasteiger charge is -2.19. The summed E-state index contributed by atoms with van der Waals surface area (Å²) in [5.74, 6) is 3.29. The van der Waals surface area contributed by atoms with Crippen molar-refractivity contribution in [3.8, 4) is 11.3 Å². The molecule has 0 spiro atoms. The quantitative estimate of drug-likeness (QED) is 0.916. The molecule has 2 aromatic heterocycles. The van der Waals surface area contributed by atoms with Crippen molar-refractivity contribution >= 4 is 0 Å². The van der Waals surface area contributed by atoms with Gasteiger partial charge in [-0.15, -0.1) is 0 Å². The van der Waals surface area contributed by atoms with Crippen LogP contribution in [0.2, 0.25) is 0 Å². The van der Waals surface area contributed by atoms with Gasteiger partial charge in [0, 0.05) is 18.5 Å². The normalized spacial score (nSPS) is 12.1. The number of aryl methyl sites for hydroxylation is 2. The van der Waals surface area contributed by atoms with E-state index in [4.69, 9.17) is 8.83 Å². The van der Waals surface area contributed by atoms with Crippen molar-refractivity contribution in [1.29, 1.82) is 0 Å². The molecular weight excluding hydrogens is 240 g/mol. The zero-order valence-electron chi connectivity index (χ0n) is 12.3. The first-order chi connectivity index (χ1) is 8.85. The maximum Gasteiger partial charge on any atom is 0.196 e. The SMILES string of the molecule is Cc1cc(-c2cnc(CCNC(C)(C)C)o2)c(C)o1. The zero-order valence-corrected chi connectivity index (χ0v) is 12.3. The molecule has 4 nitrogen and oxygen atoms in total. The van der Waals surface area contributed by atoms with E-state index in [1.807, 2.05) is 19.9 Å². The predicted octanol–water partition coefficient (Wildman–Crippen LogP) is 3.48. The molecule has 0 aliphatic heterocycles. The Morgan fingerprint density at radius 1 is 1.21 bits per heavy atom. The van der Waals surface area contributed by atoms with Gasteiger partial charge in [-0.25, -0.2) is 4.98 Å². The highest BCUT2D eigenvalue weighted by Crippen LogP contribution is 2.27. The second kappa shape index (κ2) is 5.21. The van der Waals surface area contributed by atoms with Gasteiger partial charge in [-0.1, -0.05) is 0 Å². The zero-order chi connectivity index (χ0) is 14.0. The molecule has 19 heavy (non-hydrogen) atoms. The van der Waals surface area contributed by atoms with Crippen molar-refractivity contribution in [3.63, 3.8) is 0 Å². The van der Waals surface area contributed by atoms with E-state index in [0.717, 1.165) is 41.7 Å². The van der Waals surface area contributed by atoms with E-state index in [9.17, 15) is 0 Å². The third-order valence-corrected chi connectivity index (χ3v) is 2.85. The Balaban J connectivity index is 2.01. The molecule has 0 aliphatic rings. The van der Waals surface area contributed by atoms with Crippen LogP contribution < -0.4 is 5.32 Å². The first-order valence-corrected chi connectivity index (χ1v) is 6.62. The summed E-state index contributed by atoms with van der Waals surface area (Å²) in [5.41, 5.74) is 1.10. The van der Waals surface area contributed by atoms with E-state index in [2.05, 4.69) is 31.1 Å². The lowest BCUT2D eigenvalue weighted by Crippen LogP contribution is -2.37. The minimum atomic E-state index is 0.119. The number of oxazole rings is 1. The Kier molecular flexibility index (Phi) is 3.80. The number of hydrogen-bond donors (Lipinski definition) is 1. The van der Waals surface area contributed by atoms with Crippen LogP contribution in [0.15, 0.2) is 21.1 Å². The fraction of sp³-hybridized carbons (Fsp3) is 0.533. The summed E-state index contributed by atoms with van der Waals surface area (Å²) in [6, 6.07) is 1.98. The second-order valence-electron chi connectivity index (χ2n) is 5.87. The summed E-state index contributed by atoms with van der Waals surface area (Å²) < 4.78 is 11.3. The summed E-state index contributed by atoms with van der Waals surface area (Å²) in [6.45, 7) is 11.2. The second-order valence-corrected chi connectivity index (χ2v) is 5.87. The van der Waals surface area contributed by atoms with Crippen LogP contribution in [0, 0.1) is 13.8 Å². The molecule has 0 atom stereocenters. The highest BCUT2D eigenvalue weighted by atomic mass is 16.4. The molecule has 0 aliphatic carbocycles. The first kappa shape index (κ1) is 13.9. The van der Waals surface area contributed by atoms with E-state index >= 15 is 0 Å². The van der Waals surface area contributed by atoms with Crippen LogP contribution in [-0.4, -0.2) is 17.1 Å². The average Bonchev–Trinajstić information content (AvgIpc) is 2.83. The average molecular weight is 262 g/mol. The highest BCUT2D eigenvalue weighted by Gasteiger charge is 2.13. The van der Waals surface area contributed by atoms with Gasteiger partial charge in [0.15, 0.2) is 11.7 Å². The van der Waals surface area contributed by atoms with Crippen molar-refractivity contribution < 1.29 is 8.83 Å². The molecule has 0 saturated carbocycles. The summed E-state index contributed by atoms with van der Waals surface area (Å²) in [4.78, 5) is 4.31. The van der Waals surface area contributed by atoms with Crippen LogP contribution >= 0.6 is 0 Å². The Morgan fingerprint density at radius 2 is 1.95 bits per heavy atom. The number of nitrogens with zero attached hydrogens (tertiary/aromatic N) is 1. The summed E-state index contributed by atoms with van der Waals surface area (Å²) in [5, 5.41) is 3.42. The van der Waals surface area contributed by atoms with Gasteiger partial charge in [-0.05, 0) is 40.7 Å². The van der Waals surface area contributed by atoms with E-state index in [1.54, 1.807) is 6.20 Å². The topological polar surface area (TPSA) is 51.2 Å². The maximum atomic E-state index is 5.77. The van der Waals surface area contributed by atoms with Gasteiger partial charge < -0.3 is 14.2 Å². The van der Waals surface area contributed by atoms with E-state index in [1.165, 1.54) is 0 Å². The number of nitrogens with one attached hydrogen (secondary N) is 1. The minimum Gasteiger partial charge on any atom is -0.466 e. The minimum absolute atomic E-state index is 0.119. The van der Waals surface area contributed by atoms with Gasteiger partial charge in [0.05, 0.1) is 11.8 Å². The molecule has 4 heteroatoms. The van der Waals surface area contributed by atoms with Crippen LogP contribution in [-0.2, 0) is 6.42 Å². The lowest BCUT2D eigenvalue weighted by molar-refractivity contribution is 0.411. The molecule has 0 fully saturated rings. The van der Waals surface area contributed by atoms with Crippen LogP contribution in [0.4, 0.5) is 0 Å². The van der Waals surface area contributed by atoms with Crippen molar-refractivity contribution in [3.05, 3.63) is 29.7 Å². The number of furan rings is 1. The number of rotatable bonds is 4. The number of aromatic nitrogens is 1. The molecule has 0 unspecified atom stereocenters. The van der Waals surface area contributed by atoms with Crippen molar-refractivity contribution in [2.75, 3.05) is 6.54 Å². The van der Waals surface area contributed by atoms with Gasteiger partial charge in [0.25, 0.3) is 0 Å². The molecule has 0 saturated heterocycles. The molecule has 0 radical (unpaired) electrons. The van der Waals surface area contributed by atoms with Crippen molar-refractivity contribution in [2.24, 2.45) is 0 Å².